The van der Waals surface area contributed by atoms with Gasteiger partial charge in [-0.05, 0) is 70.7 Å². The topological polar surface area (TPSA) is 115 Å². The number of nitrogens with one attached hydrogen (secondary N) is 1. The van der Waals surface area contributed by atoms with E-state index in [9.17, 15) is 14.7 Å². The first-order chi connectivity index (χ1) is 19.4. The van der Waals surface area contributed by atoms with E-state index >= 15 is 0 Å². The number of anilines is 1. The van der Waals surface area contributed by atoms with Crippen LogP contribution in [0.2, 0.25) is 0 Å². The van der Waals surface area contributed by atoms with Crippen LogP contribution in [0.15, 0.2) is 77.4 Å². The second-order valence-corrected chi connectivity index (χ2v) is 10.4. The van der Waals surface area contributed by atoms with Crippen molar-refractivity contribution >= 4 is 17.9 Å². The largest absolute Gasteiger partial charge is 0.481 e. The molecule has 3 aromatic carbocycles. The quantitative estimate of drug-likeness (QED) is 0.189. The molecule has 8 nitrogen and oxygen atoms in total. The van der Waals surface area contributed by atoms with Crippen LogP contribution in [-0.2, 0) is 21.4 Å². The molecule has 0 radical (unpaired) electrons. The summed E-state index contributed by atoms with van der Waals surface area (Å²) in [5.41, 5.74) is 5.35. The van der Waals surface area contributed by atoms with Gasteiger partial charge in [-0.3, -0.25) is 10.1 Å². The van der Waals surface area contributed by atoms with Crippen LogP contribution in [0.4, 0.5) is 10.6 Å². The van der Waals surface area contributed by atoms with Crippen molar-refractivity contribution < 1.29 is 24.1 Å². The van der Waals surface area contributed by atoms with E-state index < -0.39 is 23.6 Å². The molecule has 1 amide bonds. The number of ether oxygens (including phenoxy) is 1. The van der Waals surface area contributed by atoms with Gasteiger partial charge in [0.05, 0.1) is 5.41 Å². The van der Waals surface area contributed by atoms with Crippen molar-refractivity contribution in [1.82, 2.24) is 10.3 Å². The van der Waals surface area contributed by atoms with Crippen LogP contribution in [0, 0.1) is 0 Å². The summed E-state index contributed by atoms with van der Waals surface area (Å²) in [4.78, 5) is 24.2. The Labute approximate surface area is 233 Å². The van der Waals surface area contributed by atoms with Gasteiger partial charge in [-0.15, -0.1) is 0 Å². The van der Waals surface area contributed by atoms with Crippen molar-refractivity contribution in [2.24, 2.45) is 0 Å². The summed E-state index contributed by atoms with van der Waals surface area (Å²) in [5.74, 6) is -0.593. The van der Waals surface area contributed by atoms with Crippen LogP contribution >= 0.6 is 0 Å². The van der Waals surface area contributed by atoms with Crippen molar-refractivity contribution in [2.75, 3.05) is 5.32 Å². The Morgan fingerprint density at radius 3 is 2.15 bits per heavy atom. The molecule has 1 fully saturated rings. The lowest BCUT2D eigenvalue weighted by molar-refractivity contribution is -0.140. The molecule has 0 bridgehead atoms. The average molecular weight is 540 g/mol. The molecule has 0 unspecified atom stereocenters. The fourth-order valence-electron chi connectivity index (χ4n) is 4.90. The summed E-state index contributed by atoms with van der Waals surface area (Å²) < 4.78 is 10.5. The Bertz CT molecular complexity index is 1460. The van der Waals surface area contributed by atoms with E-state index in [0.717, 1.165) is 28.7 Å². The fraction of sp³-hybridized carbons (Fsp3) is 0.312. The number of hydrogen-bond acceptors (Lipinski definition) is 6. The number of benzene rings is 3. The van der Waals surface area contributed by atoms with Gasteiger partial charge in [-0.1, -0.05) is 92.6 Å². The van der Waals surface area contributed by atoms with Crippen LogP contribution < -0.4 is 5.32 Å². The Balaban J connectivity index is 1.20. The van der Waals surface area contributed by atoms with E-state index in [1.165, 1.54) is 24.8 Å². The molecule has 1 saturated carbocycles. The molecule has 8 heteroatoms. The van der Waals surface area contributed by atoms with Crippen LogP contribution in [0.1, 0.15) is 68.7 Å². The predicted molar refractivity (Wildman–Crippen MR) is 152 cm³/mol. The molecule has 0 saturated heterocycles. The highest BCUT2D eigenvalue weighted by molar-refractivity contribution is 5.88. The maximum absolute atomic E-state index is 12.6. The van der Waals surface area contributed by atoms with Gasteiger partial charge in [0.1, 0.15) is 6.10 Å². The zero-order valence-corrected chi connectivity index (χ0v) is 22.7. The minimum Gasteiger partial charge on any atom is -0.481 e. The van der Waals surface area contributed by atoms with Gasteiger partial charge in [0.15, 0.2) is 5.69 Å². The zero-order chi connectivity index (χ0) is 28.1. The van der Waals surface area contributed by atoms with Crippen LogP contribution in [0.3, 0.4) is 0 Å². The van der Waals surface area contributed by atoms with Gasteiger partial charge in [0.2, 0.25) is 5.82 Å². The van der Waals surface area contributed by atoms with Crippen molar-refractivity contribution in [2.45, 2.75) is 63.9 Å². The monoisotopic (exact) mass is 539 g/mol. The number of carbonyl (C=O) groups is 2. The molecule has 4 aromatic rings. The van der Waals surface area contributed by atoms with E-state index in [0.29, 0.717) is 24.1 Å². The normalized spacial score (nSPS) is 14.3. The average Bonchev–Trinajstić information content (AvgIpc) is 3.67. The molecule has 2 N–H and O–H groups in total. The Hall–Kier alpha value is -4.46. The van der Waals surface area contributed by atoms with E-state index in [-0.39, 0.29) is 5.82 Å². The Kier molecular flexibility index (Phi) is 7.96. The number of unbranched alkanes of at least 4 members (excludes halogenated alkanes) is 2. The standard InChI is InChI=1S/C32H33N3O5/c1-3-4-5-6-22-7-9-23(10-8-22)21(2)39-31(38)33-29-28(34-40-35-29)26-13-11-24(12-14-26)25-15-17-27(18-16-25)32(19-20-32)30(36)37/h7-18,21H,3-6,19-20H2,1-2H3,(H,36,37)(H,33,35,38)/t21-/m1/s1. The maximum atomic E-state index is 12.6. The van der Waals surface area contributed by atoms with Gasteiger partial charge in [0, 0.05) is 5.56 Å². The number of carbonyl (C=O) groups excluding carboxylic acids is 1. The molecular weight excluding hydrogens is 506 g/mol. The summed E-state index contributed by atoms with van der Waals surface area (Å²) >= 11 is 0. The molecule has 1 atom stereocenters. The molecule has 5 rings (SSSR count). The number of aromatic nitrogens is 2. The Morgan fingerprint density at radius 2 is 1.55 bits per heavy atom. The summed E-state index contributed by atoms with van der Waals surface area (Å²) in [7, 11) is 0. The number of rotatable bonds is 11. The highest BCUT2D eigenvalue weighted by Gasteiger charge is 2.51. The first kappa shape index (κ1) is 27.1. The van der Waals surface area contributed by atoms with Crippen molar-refractivity contribution in [3.8, 4) is 22.4 Å². The van der Waals surface area contributed by atoms with Crippen LogP contribution in [0.5, 0.6) is 0 Å². The number of carboxylic acid groups (broad SMARTS) is 1. The summed E-state index contributed by atoms with van der Waals surface area (Å²) in [6.45, 7) is 4.02. The number of nitrogens with zero attached hydrogens (tertiary/aromatic N) is 2. The SMILES string of the molecule is CCCCCc1ccc([C@@H](C)OC(=O)Nc2nonc2-c2ccc(-c3ccc(C4(C(=O)O)CC4)cc3)cc2)cc1. The van der Waals surface area contributed by atoms with Gasteiger partial charge in [0.25, 0.3) is 0 Å². The highest BCUT2D eigenvalue weighted by atomic mass is 16.6. The zero-order valence-electron chi connectivity index (χ0n) is 22.7. The van der Waals surface area contributed by atoms with Gasteiger partial charge in [-0.25, -0.2) is 9.42 Å². The first-order valence-electron chi connectivity index (χ1n) is 13.7. The molecule has 1 aliphatic rings. The smallest absolute Gasteiger partial charge is 0.413 e. The number of aryl methyl sites for hydroxylation is 1. The lowest BCUT2D eigenvalue weighted by Crippen LogP contribution is -2.19. The van der Waals surface area contributed by atoms with Gasteiger partial charge >= 0.3 is 12.1 Å². The second kappa shape index (κ2) is 11.7. The number of amides is 1. The third-order valence-corrected chi connectivity index (χ3v) is 7.60. The lowest BCUT2D eigenvalue weighted by atomic mass is 9.93. The Morgan fingerprint density at radius 1 is 0.925 bits per heavy atom. The van der Waals surface area contributed by atoms with Crippen LogP contribution in [-0.4, -0.2) is 27.5 Å². The number of hydrogen-bond donors (Lipinski definition) is 2. The van der Waals surface area contributed by atoms with E-state index in [1.54, 1.807) is 0 Å². The fourth-order valence-corrected chi connectivity index (χ4v) is 4.90. The minimum absolute atomic E-state index is 0.170. The second-order valence-electron chi connectivity index (χ2n) is 10.4. The molecule has 1 aliphatic carbocycles. The number of aliphatic carboxylic acids is 1. The molecule has 0 spiro atoms. The maximum Gasteiger partial charge on any atom is 0.413 e. The minimum atomic E-state index is -0.764. The molecule has 1 aromatic heterocycles. The van der Waals surface area contributed by atoms with Crippen molar-refractivity contribution in [1.29, 1.82) is 0 Å². The van der Waals surface area contributed by atoms with E-state index in [4.69, 9.17) is 9.37 Å². The first-order valence-corrected chi connectivity index (χ1v) is 13.7. The van der Waals surface area contributed by atoms with Gasteiger partial charge < -0.3 is 9.84 Å². The molecule has 1 heterocycles. The highest BCUT2D eigenvalue weighted by Crippen LogP contribution is 2.48. The van der Waals surface area contributed by atoms with Crippen molar-refractivity contribution in [3.63, 3.8) is 0 Å². The lowest BCUT2D eigenvalue weighted by Gasteiger charge is -2.14. The summed E-state index contributed by atoms with van der Waals surface area (Å²) in [5, 5.41) is 20.0. The van der Waals surface area contributed by atoms with Gasteiger partial charge in [-0.2, -0.15) is 0 Å². The molecular formula is C32H33N3O5. The predicted octanol–water partition coefficient (Wildman–Crippen LogP) is 7.56. The summed E-state index contributed by atoms with van der Waals surface area (Å²) in [6.07, 6.45) is 4.89. The molecule has 40 heavy (non-hydrogen) atoms. The molecule has 206 valence electrons. The third kappa shape index (κ3) is 5.91. The van der Waals surface area contributed by atoms with E-state index in [2.05, 4.69) is 34.7 Å². The van der Waals surface area contributed by atoms with Crippen LogP contribution in [0.25, 0.3) is 22.4 Å². The molecule has 0 aliphatic heterocycles. The van der Waals surface area contributed by atoms with E-state index in [1.807, 2.05) is 67.6 Å². The number of carboxylic acids is 1. The summed E-state index contributed by atoms with van der Waals surface area (Å²) in [6, 6.07) is 23.4. The third-order valence-electron chi connectivity index (χ3n) is 7.60. The van der Waals surface area contributed by atoms with Crippen molar-refractivity contribution in [3.05, 3.63) is 89.5 Å².